The summed E-state index contributed by atoms with van der Waals surface area (Å²) in [6.45, 7) is 1.58. The standard InChI is InChI=1S/C12H11N3O2S/c16-11(17)9-1-4-13-12(14-9)15-5-2-10-8(7-15)3-6-18-10/h1,3-4,6H,2,5,7H2,(H,16,17). The van der Waals surface area contributed by atoms with E-state index >= 15 is 0 Å². The van der Waals surface area contributed by atoms with Gasteiger partial charge in [-0.05, 0) is 29.5 Å². The maximum Gasteiger partial charge on any atom is 0.354 e. The lowest BCUT2D eigenvalue weighted by Gasteiger charge is -2.26. The molecule has 1 aliphatic rings. The molecule has 1 aliphatic heterocycles. The van der Waals surface area contributed by atoms with Crippen molar-refractivity contribution >= 4 is 23.3 Å². The van der Waals surface area contributed by atoms with Crippen molar-refractivity contribution in [2.45, 2.75) is 13.0 Å². The Balaban J connectivity index is 1.88. The van der Waals surface area contributed by atoms with Crippen molar-refractivity contribution in [3.63, 3.8) is 0 Å². The third-order valence-corrected chi connectivity index (χ3v) is 3.98. The van der Waals surface area contributed by atoms with Crippen LogP contribution in [0.3, 0.4) is 0 Å². The smallest absolute Gasteiger partial charge is 0.354 e. The van der Waals surface area contributed by atoms with Crippen LogP contribution in [0.5, 0.6) is 0 Å². The van der Waals surface area contributed by atoms with Gasteiger partial charge in [0.2, 0.25) is 5.95 Å². The molecule has 0 aliphatic carbocycles. The van der Waals surface area contributed by atoms with E-state index < -0.39 is 5.97 Å². The van der Waals surface area contributed by atoms with Gasteiger partial charge < -0.3 is 10.0 Å². The molecule has 0 amide bonds. The van der Waals surface area contributed by atoms with Crippen molar-refractivity contribution in [1.29, 1.82) is 0 Å². The van der Waals surface area contributed by atoms with Gasteiger partial charge in [-0.25, -0.2) is 14.8 Å². The fourth-order valence-electron chi connectivity index (χ4n) is 2.04. The van der Waals surface area contributed by atoms with Crippen molar-refractivity contribution in [2.24, 2.45) is 0 Å². The van der Waals surface area contributed by atoms with Crippen LogP contribution in [0, 0.1) is 0 Å². The molecule has 5 nitrogen and oxygen atoms in total. The number of aromatic nitrogens is 2. The predicted molar refractivity (Wildman–Crippen MR) is 68.1 cm³/mol. The Labute approximate surface area is 108 Å². The van der Waals surface area contributed by atoms with E-state index in [0.29, 0.717) is 5.95 Å². The van der Waals surface area contributed by atoms with Gasteiger partial charge in [-0.3, -0.25) is 0 Å². The summed E-state index contributed by atoms with van der Waals surface area (Å²) >= 11 is 1.77. The number of hydrogen-bond acceptors (Lipinski definition) is 5. The highest BCUT2D eigenvalue weighted by atomic mass is 32.1. The van der Waals surface area contributed by atoms with Crippen LogP contribution < -0.4 is 4.90 Å². The molecule has 0 atom stereocenters. The summed E-state index contributed by atoms with van der Waals surface area (Å²) in [5.41, 5.74) is 1.33. The Hall–Kier alpha value is -1.95. The monoisotopic (exact) mass is 261 g/mol. The third kappa shape index (κ3) is 1.95. The first-order valence-electron chi connectivity index (χ1n) is 5.60. The summed E-state index contributed by atoms with van der Waals surface area (Å²) in [6.07, 6.45) is 2.46. The van der Waals surface area contributed by atoms with Crippen LogP contribution in [-0.4, -0.2) is 27.6 Å². The Bertz CT molecular complexity index is 597. The summed E-state index contributed by atoms with van der Waals surface area (Å²) in [5, 5.41) is 11.0. The molecule has 92 valence electrons. The van der Waals surface area contributed by atoms with Gasteiger partial charge in [0.15, 0.2) is 5.69 Å². The van der Waals surface area contributed by atoms with Crippen LogP contribution in [0.25, 0.3) is 0 Å². The quantitative estimate of drug-likeness (QED) is 0.893. The molecule has 2 aromatic heterocycles. The maximum absolute atomic E-state index is 10.9. The van der Waals surface area contributed by atoms with E-state index in [-0.39, 0.29) is 5.69 Å². The van der Waals surface area contributed by atoms with E-state index in [1.807, 2.05) is 4.90 Å². The number of thiophene rings is 1. The number of rotatable bonds is 2. The summed E-state index contributed by atoms with van der Waals surface area (Å²) < 4.78 is 0. The van der Waals surface area contributed by atoms with Gasteiger partial charge in [-0.15, -0.1) is 11.3 Å². The molecule has 6 heteroatoms. The molecule has 0 spiro atoms. The number of carboxylic acid groups (broad SMARTS) is 1. The lowest BCUT2D eigenvalue weighted by Crippen LogP contribution is -2.31. The van der Waals surface area contributed by atoms with Gasteiger partial charge in [0.25, 0.3) is 0 Å². The van der Waals surface area contributed by atoms with Gasteiger partial charge >= 0.3 is 5.97 Å². The third-order valence-electron chi connectivity index (χ3n) is 2.95. The second-order valence-corrected chi connectivity index (χ2v) is 5.09. The van der Waals surface area contributed by atoms with Crippen molar-refractivity contribution < 1.29 is 9.90 Å². The minimum atomic E-state index is -1.02. The highest BCUT2D eigenvalue weighted by Crippen LogP contribution is 2.25. The molecule has 3 heterocycles. The van der Waals surface area contributed by atoms with Gasteiger partial charge in [-0.1, -0.05) is 0 Å². The lowest BCUT2D eigenvalue weighted by molar-refractivity contribution is 0.0690. The Morgan fingerprint density at radius 1 is 1.44 bits per heavy atom. The Morgan fingerprint density at radius 2 is 2.33 bits per heavy atom. The molecule has 0 fully saturated rings. The molecule has 18 heavy (non-hydrogen) atoms. The first-order chi connectivity index (χ1) is 8.74. The van der Waals surface area contributed by atoms with Crippen molar-refractivity contribution in [1.82, 2.24) is 9.97 Å². The van der Waals surface area contributed by atoms with E-state index in [0.717, 1.165) is 19.5 Å². The molecule has 3 rings (SSSR count). The largest absolute Gasteiger partial charge is 0.477 e. The van der Waals surface area contributed by atoms with Gasteiger partial charge in [-0.2, -0.15) is 0 Å². The fourth-order valence-corrected chi connectivity index (χ4v) is 2.93. The number of nitrogens with zero attached hydrogens (tertiary/aromatic N) is 3. The normalized spacial score (nSPS) is 14.3. The van der Waals surface area contributed by atoms with E-state index in [4.69, 9.17) is 5.11 Å². The van der Waals surface area contributed by atoms with Crippen molar-refractivity contribution in [3.8, 4) is 0 Å². The Kier molecular flexibility index (Phi) is 2.71. The van der Waals surface area contributed by atoms with Crippen molar-refractivity contribution in [2.75, 3.05) is 11.4 Å². The lowest BCUT2D eigenvalue weighted by atomic mass is 10.1. The van der Waals surface area contributed by atoms with E-state index in [1.54, 1.807) is 11.3 Å². The first kappa shape index (κ1) is 11.2. The number of carboxylic acids is 1. The molecule has 0 unspecified atom stereocenters. The molecule has 0 saturated heterocycles. The van der Waals surface area contributed by atoms with Crippen molar-refractivity contribution in [3.05, 3.63) is 39.8 Å². The Morgan fingerprint density at radius 3 is 3.17 bits per heavy atom. The topological polar surface area (TPSA) is 66.3 Å². The minimum Gasteiger partial charge on any atom is -0.477 e. The summed E-state index contributed by atoms with van der Waals surface area (Å²) in [5.74, 6) is -0.529. The summed E-state index contributed by atoms with van der Waals surface area (Å²) in [7, 11) is 0. The average molecular weight is 261 g/mol. The van der Waals surface area contributed by atoms with Gasteiger partial charge in [0.05, 0.1) is 0 Å². The van der Waals surface area contributed by atoms with Crippen LogP contribution in [0.2, 0.25) is 0 Å². The highest BCUT2D eigenvalue weighted by molar-refractivity contribution is 7.10. The van der Waals surface area contributed by atoms with E-state index in [9.17, 15) is 4.79 Å². The zero-order valence-corrected chi connectivity index (χ0v) is 10.4. The molecular formula is C12H11N3O2S. The molecule has 0 saturated carbocycles. The number of hydrogen-bond donors (Lipinski definition) is 1. The average Bonchev–Trinajstić information content (AvgIpc) is 2.86. The number of anilines is 1. The SMILES string of the molecule is O=C(O)c1ccnc(N2CCc3sccc3C2)n1. The molecule has 2 aromatic rings. The van der Waals surface area contributed by atoms with Crippen LogP contribution in [0.4, 0.5) is 5.95 Å². The van der Waals surface area contributed by atoms with Gasteiger partial charge in [0, 0.05) is 24.2 Å². The maximum atomic E-state index is 10.9. The van der Waals surface area contributed by atoms with Crippen LogP contribution in [0.1, 0.15) is 20.9 Å². The highest BCUT2D eigenvalue weighted by Gasteiger charge is 2.20. The summed E-state index contributed by atoms with van der Waals surface area (Å²) in [4.78, 5) is 22.5. The number of fused-ring (bicyclic) bond motifs is 1. The van der Waals surface area contributed by atoms with E-state index in [2.05, 4.69) is 21.4 Å². The van der Waals surface area contributed by atoms with E-state index in [1.165, 1.54) is 22.7 Å². The molecule has 0 radical (unpaired) electrons. The zero-order valence-electron chi connectivity index (χ0n) is 9.54. The van der Waals surface area contributed by atoms with Crippen LogP contribution in [0.15, 0.2) is 23.7 Å². The second kappa shape index (κ2) is 4.38. The minimum absolute atomic E-state index is 0.0381. The summed E-state index contributed by atoms with van der Waals surface area (Å²) in [6, 6.07) is 3.51. The molecule has 1 N–H and O–H groups in total. The fraction of sp³-hybridized carbons (Fsp3) is 0.250. The predicted octanol–water partition coefficient (Wildman–Crippen LogP) is 1.80. The molecular weight excluding hydrogens is 250 g/mol. The molecule has 0 bridgehead atoms. The van der Waals surface area contributed by atoms with Gasteiger partial charge in [0.1, 0.15) is 0 Å². The number of carbonyl (C=O) groups is 1. The van der Waals surface area contributed by atoms with Crippen LogP contribution >= 0.6 is 11.3 Å². The molecule has 0 aromatic carbocycles. The second-order valence-electron chi connectivity index (χ2n) is 4.09. The first-order valence-corrected chi connectivity index (χ1v) is 6.48. The zero-order chi connectivity index (χ0) is 12.5. The number of aromatic carboxylic acids is 1. The van der Waals surface area contributed by atoms with Crippen LogP contribution in [-0.2, 0) is 13.0 Å².